The van der Waals surface area contributed by atoms with Gasteiger partial charge in [-0.05, 0) is 25.1 Å². The number of hydrogen-bond acceptors (Lipinski definition) is 4. The third-order valence-corrected chi connectivity index (χ3v) is 4.74. The molecule has 0 amide bonds. The Hall–Kier alpha value is -0.790. The molecule has 0 bridgehead atoms. The van der Waals surface area contributed by atoms with Crippen LogP contribution >= 0.6 is 11.6 Å². The first-order valence-electron chi connectivity index (χ1n) is 4.66. The van der Waals surface area contributed by atoms with Crippen molar-refractivity contribution < 1.29 is 16.8 Å². The number of halogens is 1. The van der Waals surface area contributed by atoms with Gasteiger partial charge in [-0.1, -0.05) is 11.6 Å². The largest absolute Gasteiger partial charge is 0.282 e. The number of sulfonamides is 1. The van der Waals surface area contributed by atoms with Crippen molar-refractivity contribution in [1.82, 2.24) is 0 Å². The molecule has 0 aliphatic heterocycles. The maximum atomic E-state index is 11.4. The molecule has 1 N–H and O–H groups in total. The van der Waals surface area contributed by atoms with E-state index in [0.717, 1.165) is 6.26 Å². The molecule has 0 saturated carbocycles. The van der Waals surface area contributed by atoms with Crippen molar-refractivity contribution in [1.29, 1.82) is 0 Å². The topological polar surface area (TPSA) is 80.3 Å². The Morgan fingerprint density at radius 3 is 2.29 bits per heavy atom. The van der Waals surface area contributed by atoms with Gasteiger partial charge in [0.15, 0.2) is 9.84 Å². The molecule has 96 valence electrons. The van der Waals surface area contributed by atoms with E-state index >= 15 is 0 Å². The molecule has 0 unspecified atom stereocenters. The lowest BCUT2D eigenvalue weighted by molar-refractivity contribution is 0.599. The smallest absolute Gasteiger partial charge is 0.232 e. The Bertz CT molecular complexity index is 622. The zero-order valence-electron chi connectivity index (χ0n) is 9.27. The third-order valence-electron chi connectivity index (χ3n) is 2.01. The molecule has 0 heterocycles. The van der Waals surface area contributed by atoms with Crippen molar-refractivity contribution >= 4 is 37.1 Å². The molecule has 0 spiro atoms. The second-order valence-electron chi connectivity index (χ2n) is 3.42. The highest BCUT2D eigenvalue weighted by atomic mass is 35.5. The summed E-state index contributed by atoms with van der Waals surface area (Å²) >= 11 is 5.79. The Kier molecular flexibility index (Phi) is 4.06. The van der Waals surface area contributed by atoms with Crippen LogP contribution < -0.4 is 4.72 Å². The highest BCUT2D eigenvalue weighted by molar-refractivity contribution is 7.92. The summed E-state index contributed by atoms with van der Waals surface area (Å²) in [7, 11) is -6.88. The Morgan fingerprint density at radius 2 is 1.82 bits per heavy atom. The quantitative estimate of drug-likeness (QED) is 0.913. The molecule has 1 aromatic carbocycles. The SMILES string of the molecule is CCS(=O)(=O)Nc1cc(S(C)(=O)=O)ccc1Cl. The van der Waals surface area contributed by atoms with Gasteiger partial charge in [-0.15, -0.1) is 0 Å². The van der Waals surface area contributed by atoms with Crippen molar-refractivity contribution in [3.63, 3.8) is 0 Å². The van der Waals surface area contributed by atoms with Gasteiger partial charge in [0.05, 0.1) is 21.4 Å². The predicted octanol–water partition coefficient (Wildman–Crippen LogP) is 1.51. The minimum atomic E-state index is -3.49. The second kappa shape index (κ2) is 4.83. The fraction of sp³-hybridized carbons (Fsp3) is 0.333. The van der Waals surface area contributed by atoms with E-state index < -0.39 is 19.9 Å². The fourth-order valence-corrected chi connectivity index (χ4v) is 2.57. The molecule has 17 heavy (non-hydrogen) atoms. The molecule has 5 nitrogen and oxygen atoms in total. The average molecular weight is 298 g/mol. The molecule has 8 heteroatoms. The van der Waals surface area contributed by atoms with Gasteiger partial charge in [-0.2, -0.15) is 0 Å². The van der Waals surface area contributed by atoms with Crippen LogP contribution in [-0.4, -0.2) is 28.8 Å². The zero-order valence-corrected chi connectivity index (χ0v) is 11.7. The van der Waals surface area contributed by atoms with Crippen LogP contribution in [0, 0.1) is 0 Å². The van der Waals surface area contributed by atoms with E-state index in [1.807, 2.05) is 0 Å². The van der Waals surface area contributed by atoms with E-state index in [0.29, 0.717) is 0 Å². The second-order valence-corrected chi connectivity index (χ2v) is 7.85. The highest BCUT2D eigenvalue weighted by Crippen LogP contribution is 2.26. The molecule has 0 radical (unpaired) electrons. The number of benzene rings is 1. The third kappa shape index (κ3) is 3.86. The van der Waals surface area contributed by atoms with E-state index in [-0.39, 0.29) is 21.4 Å². The average Bonchev–Trinajstić information content (AvgIpc) is 2.19. The van der Waals surface area contributed by atoms with Crippen molar-refractivity contribution in [3.8, 4) is 0 Å². The van der Waals surface area contributed by atoms with Gasteiger partial charge in [0.1, 0.15) is 0 Å². The zero-order chi connectivity index (χ0) is 13.3. The van der Waals surface area contributed by atoms with Crippen LogP contribution in [0.5, 0.6) is 0 Å². The number of hydrogen-bond donors (Lipinski definition) is 1. The lowest BCUT2D eigenvalue weighted by Crippen LogP contribution is -2.15. The van der Waals surface area contributed by atoms with Crippen LogP contribution in [0.1, 0.15) is 6.92 Å². The van der Waals surface area contributed by atoms with Crippen LogP contribution in [0.3, 0.4) is 0 Å². The molecule has 0 aromatic heterocycles. The lowest BCUT2D eigenvalue weighted by Gasteiger charge is -2.09. The first-order chi connectivity index (χ1) is 7.65. The minimum Gasteiger partial charge on any atom is -0.282 e. The number of rotatable bonds is 4. The maximum absolute atomic E-state index is 11.4. The number of anilines is 1. The molecular weight excluding hydrogens is 286 g/mol. The fourth-order valence-electron chi connectivity index (χ4n) is 1.05. The van der Waals surface area contributed by atoms with E-state index in [9.17, 15) is 16.8 Å². The molecule has 0 aliphatic rings. The molecule has 0 aliphatic carbocycles. The molecule has 0 saturated heterocycles. The van der Waals surface area contributed by atoms with E-state index in [1.165, 1.54) is 25.1 Å². The van der Waals surface area contributed by atoms with Crippen molar-refractivity contribution in [3.05, 3.63) is 23.2 Å². The first kappa shape index (κ1) is 14.3. The van der Waals surface area contributed by atoms with Gasteiger partial charge in [-0.25, -0.2) is 16.8 Å². The summed E-state index contributed by atoms with van der Waals surface area (Å²) in [5.74, 6) is -0.119. The molecule has 1 rings (SSSR count). The predicted molar refractivity (Wildman–Crippen MR) is 67.6 cm³/mol. The summed E-state index contributed by atoms with van der Waals surface area (Å²) in [6.07, 6.45) is 1.04. The van der Waals surface area contributed by atoms with Crippen molar-refractivity contribution in [2.75, 3.05) is 16.7 Å². The standard InChI is InChI=1S/C9H12ClNO4S2/c1-3-17(14,15)11-9-6-7(16(2,12)13)4-5-8(9)10/h4-6,11H,3H2,1-2H3. The molecule has 0 atom stereocenters. The molecule has 0 fully saturated rings. The number of sulfone groups is 1. The van der Waals surface area contributed by atoms with Gasteiger partial charge >= 0.3 is 0 Å². The van der Waals surface area contributed by atoms with Crippen LogP contribution in [0.15, 0.2) is 23.1 Å². The summed E-state index contributed by atoms with van der Waals surface area (Å²) in [4.78, 5) is 0.00991. The highest BCUT2D eigenvalue weighted by Gasteiger charge is 2.14. The summed E-state index contributed by atoms with van der Waals surface area (Å²) in [5.41, 5.74) is 0.0661. The first-order valence-corrected chi connectivity index (χ1v) is 8.58. The van der Waals surface area contributed by atoms with Crippen LogP contribution in [0.25, 0.3) is 0 Å². The van der Waals surface area contributed by atoms with Crippen molar-refractivity contribution in [2.45, 2.75) is 11.8 Å². The molecule has 1 aromatic rings. The number of nitrogens with one attached hydrogen (secondary N) is 1. The van der Waals surface area contributed by atoms with Crippen LogP contribution in [0.2, 0.25) is 5.02 Å². The molecular formula is C9H12ClNO4S2. The summed E-state index contributed by atoms with van der Waals surface area (Å²) in [6, 6.07) is 3.86. The maximum Gasteiger partial charge on any atom is 0.232 e. The minimum absolute atomic E-state index is 0.00991. The van der Waals surface area contributed by atoms with Gasteiger partial charge in [0.25, 0.3) is 0 Å². The van der Waals surface area contributed by atoms with Crippen molar-refractivity contribution in [2.24, 2.45) is 0 Å². The summed E-state index contributed by atoms with van der Waals surface area (Å²) in [5, 5.41) is 0.148. The summed E-state index contributed by atoms with van der Waals surface area (Å²) < 4.78 is 47.6. The summed E-state index contributed by atoms with van der Waals surface area (Å²) in [6.45, 7) is 1.47. The van der Waals surface area contributed by atoms with Gasteiger partial charge in [-0.3, -0.25) is 4.72 Å². The van der Waals surface area contributed by atoms with E-state index in [4.69, 9.17) is 11.6 Å². The Morgan fingerprint density at radius 1 is 1.24 bits per heavy atom. The van der Waals surface area contributed by atoms with Crippen LogP contribution in [-0.2, 0) is 19.9 Å². The lowest BCUT2D eigenvalue weighted by atomic mass is 10.3. The van der Waals surface area contributed by atoms with Gasteiger partial charge < -0.3 is 0 Å². The monoisotopic (exact) mass is 297 g/mol. The van der Waals surface area contributed by atoms with Gasteiger partial charge in [0.2, 0.25) is 10.0 Å². The van der Waals surface area contributed by atoms with E-state index in [2.05, 4.69) is 4.72 Å². The normalized spacial score (nSPS) is 12.4. The van der Waals surface area contributed by atoms with E-state index in [1.54, 1.807) is 0 Å². The van der Waals surface area contributed by atoms with Crippen LogP contribution in [0.4, 0.5) is 5.69 Å². The van der Waals surface area contributed by atoms with Gasteiger partial charge in [0, 0.05) is 6.26 Å². The Labute approximate surface area is 106 Å². The Balaban J connectivity index is 3.26.